The van der Waals surface area contributed by atoms with Crippen LogP contribution in [0.25, 0.3) is 0 Å². The summed E-state index contributed by atoms with van der Waals surface area (Å²) in [7, 11) is 0. The first-order valence-electron chi connectivity index (χ1n) is 8.38. The normalized spacial score (nSPS) is 23.8. The molecule has 2 N–H and O–H groups in total. The number of nitrogens with zero attached hydrogens (tertiary/aromatic N) is 1. The van der Waals surface area contributed by atoms with Crippen molar-refractivity contribution in [3.05, 3.63) is 29.8 Å². The molecule has 2 rings (SSSR count). The number of hydrogen-bond acceptors (Lipinski definition) is 4. The van der Waals surface area contributed by atoms with Gasteiger partial charge in [-0.1, -0.05) is 13.3 Å². The molecule has 0 unspecified atom stereocenters. The van der Waals surface area contributed by atoms with E-state index in [9.17, 15) is 19.8 Å². The molecule has 0 saturated carbocycles. The average molecular weight is 335 g/mol. The first-order valence-corrected chi connectivity index (χ1v) is 8.38. The molecule has 2 atom stereocenters. The molecule has 0 spiro atoms. The van der Waals surface area contributed by atoms with E-state index in [1.54, 1.807) is 24.3 Å². The highest BCUT2D eigenvalue weighted by Gasteiger charge is 2.48. The number of aliphatic hydroxyl groups is 1. The minimum Gasteiger partial charge on any atom is -0.494 e. The van der Waals surface area contributed by atoms with Gasteiger partial charge in [-0.15, -0.1) is 0 Å². The predicted molar refractivity (Wildman–Crippen MR) is 89.1 cm³/mol. The second-order valence-corrected chi connectivity index (χ2v) is 6.19. The van der Waals surface area contributed by atoms with E-state index >= 15 is 0 Å². The van der Waals surface area contributed by atoms with Gasteiger partial charge in [0.15, 0.2) is 0 Å². The van der Waals surface area contributed by atoms with E-state index in [2.05, 4.69) is 0 Å². The number of ether oxygens (including phenoxy) is 1. The average Bonchev–Trinajstić information content (AvgIpc) is 2.57. The predicted octanol–water partition coefficient (Wildman–Crippen LogP) is 2.16. The zero-order chi connectivity index (χ0) is 17.7. The molecule has 1 saturated heterocycles. The van der Waals surface area contributed by atoms with Crippen LogP contribution in [0, 0.1) is 5.41 Å². The zero-order valence-electron chi connectivity index (χ0n) is 14.2. The number of amides is 1. The van der Waals surface area contributed by atoms with Crippen molar-refractivity contribution in [1.82, 2.24) is 4.90 Å². The Morgan fingerprint density at radius 3 is 2.46 bits per heavy atom. The van der Waals surface area contributed by atoms with Crippen molar-refractivity contribution in [2.75, 3.05) is 19.7 Å². The van der Waals surface area contributed by atoms with Crippen LogP contribution in [0.5, 0.6) is 5.75 Å². The molecule has 0 bridgehead atoms. The molecule has 1 amide bonds. The number of carbonyl (C=O) groups excluding carboxylic acids is 1. The number of aliphatic carboxylic acids is 1. The number of carbonyl (C=O) groups is 2. The van der Waals surface area contributed by atoms with Crippen molar-refractivity contribution in [3.63, 3.8) is 0 Å². The number of β-amino-alcohol motifs (C(OH)–C–C–N with tert-alkyl or cyclic N) is 1. The van der Waals surface area contributed by atoms with Crippen LogP contribution in [0.4, 0.5) is 0 Å². The fraction of sp³-hybridized carbons (Fsp3) is 0.556. The van der Waals surface area contributed by atoms with Gasteiger partial charge in [-0.2, -0.15) is 0 Å². The standard InChI is InChI=1S/C18H25NO5/c1-3-9-18(17(22)23)10-11-19(12-15(18)20)16(21)13-5-7-14(8-6-13)24-4-2/h5-8,15,20H,3-4,9-12H2,1-2H3,(H,22,23)/t15-,18-/m0/s1. The number of likely N-dealkylation sites (tertiary alicyclic amines) is 1. The maximum Gasteiger partial charge on any atom is 0.312 e. The van der Waals surface area contributed by atoms with Gasteiger partial charge in [-0.05, 0) is 44.0 Å². The van der Waals surface area contributed by atoms with Crippen LogP contribution in [0.1, 0.15) is 43.5 Å². The smallest absolute Gasteiger partial charge is 0.312 e. The molecule has 1 aromatic carbocycles. The van der Waals surface area contributed by atoms with Crippen molar-refractivity contribution in [3.8, 4) is 5.75 Å². The monoisotopic (exact) mass is 335 g/mol. The Bertz CT molecular complexity index is 586. The molecule has 1 aliphatic rings. The fourth-order valence-corrected chi connectivity index (χ4v) is 3.30. The van der Waals surface area contributed by atoms with Crippen LogP contribution < -0.4 is 4.74 Å². The Hall–Kier alpha value is -2.08. The number of rotatable bonds is 6. The van der Waals surface area contributed by atoms with Gasteiger partial charge in [0, 0.05) is 18.7 Å². The molecule has 1 aromatic rings. The molecule has 132 valence electrons. The molecule has 6 nitrogen and oxygen atoms in total. The van der Waals surface area contributed by atoms with Gasteiger partial charge in [-0.25, -0.2) is 0 Å². The van der Waals surface area contributed by atoms with Crippen molar-refractivity contribution in [1.29, 1.82) is 0 Å². The fourth-order valence-electron chi connectivity index (χ4n) is 3.30. The van der Waals surface area contributed by atoms with Crippen molar-refractivity contribution in [2.45, 2.75) is 39.2 Å². The van der Waals surface area contributed by atoms with Gasteiger partial charge in [0.05, 0.1) is 18.1 Å². The Kier molecular flexibility index (Phi) is 5.83. The maximum atomic E-state index is 12.6. The number of carboxylic acids is 1. The number of hydrogen-bond donors (Lipinski definition) is 2. The summed E-state index contributed by atoms with van der Waals surface area (Å²) in [5.74, 6) is -0.488. The Morgan fingerprint density at radius 1 is 1.29 bits per heavy atom. The summed E-state index contributed by atoms with van der Waals surface area (Å²) in [5.41, 5.74) is -0.645. The van der Waals surface area contributed by atoms with Crippen LogP contribution >= 0.6 is 0 Å². The summed E-state index contributed by atoms with van der Waals surface area (Å²) in [5, 5.41) is 19.9. The van der Waals surface area contributed by atoms with E-state index < -0.39 is 17.5 Å². The van der Waals surface area contributed by atoms with E-state index in [4.69, 9.17) is 4.74 Å². The minimum atomic E-state index is -1.15. The van der Waals surface area contributed by atoms with Crippen molar-refractivity contribution >= 4 is 11.9 Å². The summed E-state index contributed by atoms with van der Waals surface area (Å²) >= 11 is 0. The highest BCUT2D eigenvalue weighted by atomic mass is 16.5. The molecular weight excluding hydrogens is 310 g/mol. The third kappa shape index (κ3) is 3.53. The van der Waals surface area contributed by atoms with Crippen LogP contribution in [0.3, 0.4) is 0 Å². The Morgan fingerprint density at radius 2 is 1.96 bits per heavy atom. The lowest BCUT2D eigenvalue weighted by Crippen LogP contribution is -2.56. The molecular formula is C18H25NO5. The number of benzene rings is 1. The van der Waals surface area contributed by atoms with Crippen LogP contribution in [0.15, 0.2) is 24.3 Å². The van der Waals surface area contributed by atoms with Crippen LogP contribution in [-0.2, 0) is 4.79 Å². The topological polar surface area (TPSA) is 87.1 Å². The SMILES string of the molecule is CCC[C@]1(C(=O)O)CCN(C(=O)c2ccc(OCC)cc2)C[C@@H]1O. The first-order chi connectivity index (χ1) is 11.4. The van der Waals surface area contributed by atoms with E-state index in [1.807, 2.05) is 13.8 Å². The molecule has 1 fully saturated rings. The largest absolute Gasteiger partial charge is 0.494 e. The van der Waals surface area contributed by atoms with E-state index in [1.165, 1.54) is 4.90 Å². The van der Waals surface area contributed by atoms with Gasteiger partial charge in [0.25, 0.3) is 5.91 Å². The molecule has 0 aliphatic carbocycles. The third-order valence-corrected chi connectivity index (χ3v) is 4.68. The van der Waals surface area contributed by atoms with Crippen LogP contribution in [0.2, 0.25) is 0 Å². The van der Waals surface area contributed by atoms with E-state index in [0.717, 1.165) is 0 Å². The highest BCUT2D eigenvalue weighted by Crippen LogP contribution is 2.37. The Balaban J connectivity index is 2.09. The second kappa shape index (κ2) is 7.66. The maximum absolute atomic E-state index is 12.6. The van der Waals surface area contributed by atoms with Gasteiger partial charge >= 0.3 is 5.97 Å². The lowest BCUT2D eigenvalue weighted by Gasteiger charge is -2.42. The van der Waals surface area contributed by atoms with Gasteiger partial charge in [0.2, 0.25) is 0 Å². The Labute approximate surface area is 142 Å². The summed E-state index contributed by atoms with van der Waals surface area (Å²) in [6.45, 7) is 4.71. The summed E-state index contributed by atoms with van der Waals surface area (Å²) in [4.78, 5) is 25.7. The molecule has 0 radical (unpaired) electrons. The minimum absolute atomic E-state index is 0.0400. The van der Waals surface area contributed by atoms with E-state index in [0.29, 0.717) is 37.3 Å². The molecule has 6 heteroatoms. The van der Waals surface area contributed by atoms with Crippen molar-refractivity contribution < 1.29 is 24.5 Å². The summed E-state index contributed by atoms with van der Waals surface area (Å²) in [6.07, 6.45) is 0.292. The quantitative estimate of drug-likeness (QED) is 0.832. The third-order valence-electron chi connectivity index (χ3n) is 4.68. The van der Waals surface area contributed by atoms with Crippen LogP contribution in [-0.4, -0.2) is 52.8 Å². The molecule has 1 aliphatic heterocycles. The highest BCUT2D eigenvalue weighted by molar-refractivity contribution is 5.94. The van der Waals surface area contributed by atoms with Crippen molar-refractivity contribution in [2.24, 2.45) is 5.41 Å². The summed E-state index contributed by atoms with van der Waals surface area (Å²) in [6, 6.07) is 6.83. The number of aliphatic hydroxyl groups excluding tert-OH is 1. The number of carboxylic acid groups (broad SMARTS) is 1. The lowest BCUT2D eigenvalue weighted by molar-refractivity contribution is -0.162. The zero-order valence-corrected chi connectivity index (χ0v) is 14.2. The van der Waals surface area contributed by atoms with Gasteiger partial charge in [0.1, 0.15) is 5.75 Å². The van der Waals surface area contributed by atoms with E-state index in [-0.39, 0.29) is 18.9 Å². The molecule has 0 aromatic heterocycles. The molecule has 24 heavy (non-hydrogen) atoms. The number of piperidine rings is 1. The van der Waals surface area contributed by atoms with Gasteiger partial charge < -0.3 is 19.8 Å². The van der Waals surface area contributed by atoms with Gasteiger partial charge in [-0.3, -0.25) is 9.59 Å². The molecule has 1 heterocycles. The second-order valence-electron chi connectivity index (χ2n) is 6.19. The first kappa shape index (κ1) is 18.3. The summed E-state index contributed by atoms with van der Waals surface area (Å²) < 4.78 is 5.35. The lowest BCUT2D eigenvalue weighted by atomic mass is 9.72.